The van der Waals surface area contributed by atoms with Crippen LogP contribution >= 0.6 is 0 Å². The van der Waals surface area contributed by atoms with E-state index in [-0.39, 0.29) is 0 Å². The smallest absolute Gasteiger partial charge is 0.119 e. The van der Waals surface area contributed by atoms with Crippen molar-refractivity contribution in [1.82, 2.24) is 20.0 Å². The van der Waals surface area contributed by atoms with Gasteiger partial charge in [-0.15, -0.1) is 0 Å². The van der Waals surface area contributed by atoms with E-state index >= 15 is 0 Å². The number of nitrogens with zero attached hydrogens (tertiary/aromatic N) is 3. The van der Waals surface area contributed by atoms with Gasteiger partial charge in [0.25, 0.3) is 0 Å². The molecule has 1 N–H and O–H groups in total. The van der Waals surface area contributed by atoms with Gasteiger partial charge in [-0.1, -0.05) is 0 Å². The molecule has 0 fully saturated rings. The van der Waals surface area contributed by atoms with E-state index in [1.165, 1.54) is 5.56 Å². The van der Waals surface area contributed by atoms with Crippen molar-refractivity contribution in [2.75, 3.05) is 34.3 Å². The van der Waals surface area contributed by atoms with Gasteiger partial charge in [-0.2, -0.15) is 5.10 Å². The predicted molar refractivity (Wildman–Crippen MR) is 85.5 cm³/mol. The molecule has 2 rings (SSSR count). The van der Waals surface area contributed by atoms with Crippen molar-refractivity contribution in [2.45, 2.75) is 6.54 Å². The van der Waals surface area contributed by atoms with Gasteiger partial charge in [-0.05, 0) is 45.4 Å². The second-order valence-corrected chi connectivity index (χ2v) is 5.38. The number of aromatic nitrogens is 2. The number of ether oxygens (including phenoxy) is 1. The molecule has 1 aromatic heterocycles. The molecule has 0 aliphatic heterocycles. The van der Waals surface area contributed by atoms with Crippen LogP contribution in [0.15, 0.2) is 30.5 Å². The van der Waals surface area contributed by atoms with Gasteiger partial charge < -0.3 is 15.0 Å². The Morgan fingerprint density at radius 1 is 1.24 bits per heavy atom. The first-order valence-corrected chi connectivity index (χ1v) is 7.15. The number of benzene rings is 1. The van der Waals surface area contributed by atoms with Gasteiger partial charge in [-0.25, -0.2) is 0 Å². The Kier molecular flexibility index (Phi) is 5.36. The molecule has 0 radical (unpaired) electrons. The average molecular weight is 288 g/mol. The molecule has 0 unspecified atom stereocenters. The van der Waals surface area contributed by atoms with Crippen molar-refractivity contribution in [3.63, 3.8) is 0 Å². The SMILES string of the molecule is CNCc1cn(C)nc1-c1ccc(OCCN(C)C)cc1. The van der Waals surface area contributed by atoms with Crippen molar-refractivity contribution >= 4 is 0 Å². The molecular weight excluding hydrogens is 264 g/mol. The van der Waals surface area contributed by atoms with Crippen LogP contribution in [0.4, 0.5) is 0 Å². The van der Waals surface area contributed by atoms with Crippen LogP contribution in [0.3, 0.4) is 0 Å². The topological polar surface area (TPSA) is 42.3 Å². The molecule has 1 heterocycles. The van der Waals surface area contributed by atoms with Gasteiger partial charge in [0.05, 0.1) is 5.69 Å². The van der Waals surface area contributed by atoms with Crippen molar-refractivity contribution < 1.29 is 4.74 Å². The second-order valence-electron chi connectivity index (χ2n) is 5.38. The van der Waals surface area contributed by atoms with Gasteiger partial charge in [0.15, 0.2) is 0 Å². The molecule has 0 atom stereocenters. The summed E-state index contributed by atoms with van der Waals surface area (Å²) >= 11 is 0. The number of hydrogen-bond donors (Lipinski definition) is 1. The second kappa shape index (κ2) is 7.24. The molecule has 0 bridgehead atoms. The fourth-order valence-corrected chi connectivity index (χ4v) is 2.16. The standard InChI is InChI=1S/C16H24N4O/c1-17-11-14-12-20(4)18-16(14)13-5-7-15(8-6-13)21-10-9-19(2)3/h5-8,12,17H,9-11H2,1-4H3. The minimum atomic E-state index is 0.695. The van der Waals surface area contributed by atoms with Gasteiger partial charge in [-0.3, -0.25) is 4.68 Å². The average Bonchev–Trinajstić information content (AvgIpc) is 2.80. The van der Waals surface area contributed by atoms with Crippen LogP contribution in [-0.2, 0) is 13.6 Å². The fraction of sp³-hybridized carbons (Fsp3) is 0.438. The van der Waals surface area contributed by atoms with E-state index in [1.807, 2.05) is 51.2 Å². The Morgan fingerprint density at radius 3 is 2.57 bits per heavy atom. The lowest BCUT2D eigenvalue weighted by Crippen LogP contribution is -2.19. The summed E-state index contributed by atoms with van der Waals surface area (Å²) in [5, 5.41) is 7.72. The zero-order valence-corrected chi connectivity index (χ0v) is 13.3. The third kappa shape index (κ3) is 4.31. The normalized spacial score (nSPS) is 11.1. The molecule has 21 heavy (non-hydrogen) atoms. The maximum atomic E-state index is 5.71. The van der Waals surface area contributed by atoms with Crippen LogP contribution in [0.5, 0.6) is 5.75 Å². The monoisotopic (exact) mass is 288 g/mol. The summed E-state index contributed by atoms with van der Waals surface area (Å²) in [7, 11) is 7.97. The van der Waals surface area contributed by atoms with Crippen molar-refractivity contribution in [1.29, 1.82) is 0 Å². The molecule has 1 aromatic carbocycles. The van der Waals surface area contributed by atoms with E-state index in [1.54, 1.807) is 0 Å². The van der Waals surface area contributed by atoms with Crippen molar-refractivity contribution in [3.8, 4) is 17.0 Å². The Balaban J connectivity index is 2.08. The summed E-state index contributed by atoms with van der Waals surface area (Å²) in [5.74, 6) is 0.895. The lowest BCUT2D eigenvalue weighted by molar-refractivity contribution is 0.261. The molecular formula is C16H24N4O. The van der Waals surface area contributed by atoms with Gasteiger partial charge in [0.2, 0.25) is 0 Å². The van der Waals surface area contributed by atoms with Crippen LogP contribution in [-0.4, -0.2) is 49.0 Å². The maximum absolute atomic E-state index is 5.71. The highest BCUT2D eigenvalue weighted by molar-refractivity contribution is 5.63. The summed E-state index contributed by atoms with van der Waals surface area (Å²) in [6.45, 7) is 2.42. The molecule has 0 saturated heterocycles. The minimum absolute atomic E-state index is 0.695. The molecule has 0 aliphatic rings. The van der Waals surface area contributed by atoms with Gasteiger partial charge in [0.1, 0.15) is 12.4 Å². The third-order valence-electron chi connectivity index (χ3n) is 3.21. The summed E-state index contributed by atoms with van der Waals surface area (Å²) in [5.41, 5.74) is 3.33. The highest BCUT2D eigenvalue weighted by atomic mass is 16.5. The fourth-order valence-electron chi connectivity index (χ4n) is 2.16. The minimum Gasteiger partial charge on any atom is -0.492 e. The number of nitrogens with one attached hydrogen (secondary N) is 1. The van der Waals surface area contributed by atoms with E-state index in [4.69, 9.17) is 4.74 Å². The maximum Gasteiger partial charge on any atom is 0.119 e. The van der Waals surface area contributed by atoms with E-state index < -0.39 is 0 Å². The third-order valence-corrected chi connectivity index (χ3v) is 3.21. The Morgan fingerprint density at radius 2 is 1.95 bits per heavy atom. The van der Waals surface area contributed by atoms with Gasteiger partial charge in [0, 0.05) is 37.5 Å². The van der Waals surface area contributed by atoms with Gasteiger partial charge >= 0.3 is 0 Å². The molecule has 0 saturated carbocycles. The Labute approximate surface area is 126 Å². The van der Waals surface area contributed by atoms with Crippen LogP contribution < -0.4 is 10.1 Å². The number of likely N-dealkylation sites (N-methyl/N-ethyl adjacent to an activating group) is 1. The Bertz CT molecular complexity index is 560. The first-order chi connectivity index (χ1) is 10.1. The molecule has 5 heteroatoms. The Hall–Kier alpha value is -1.85. The molecule has 0 aliphatic carbocycles. The zero-order valence-electron chi connectivity index (χ0n) is 13.3. The van der Waals surface area contributed by atoms with Crippen LogP contribution in [0.1, 0.15) is 5.56 Å². The summed E-state index contributed by atoms with van der Waals surface area (Å²) in [6, 6.07) is 8.13. The molecule has 5 nitrogen and oxygen atoms in total. The number of rotatable bonds is 7. The summed E-state index contributed by atoms with van der Waals surface area (Å²) in [4.78, 5) is 2.10. The van der Waals surface area contributed by atoms with Crippen LogP contribution in [0, 0.1) is 0 Å². The van der Waals surface area contributed by atoms with E-state index in [2.05, 4.69) is 27.4 Å². The highest BCUT2D eigenvalue weighted by Crippen LogP contribution is 2.24. The zero-order chi connectivity index (χ0) is 15.2. The molecule has 2 aromatic rings. The van der Waals surface area contributed by atoms with Crippen LogP contribution in [0.2, 0.25) is 0 Å². The number of hydrogen-bond acceptors (Lipinski definition) is 4. The first-order valence-electron chi connectivity index (χ1n) is 7.15. The van der Waals surface area contributed by atoms with Crippen molar-refractivity contribution in [2.24, 2.45) is 7.05 Å². The largest absolute Gasteiger partial charge is 0.492 e. The molecule has 114 valence electrons. The van der Waals surface area contributed by atoms with Crippen molar-refractivity contribution in [3.05, 3.63) is 36.0 Å². The van der Waals surface area contributed by atoms with E-state index in [0.29, 0.717) is 6.61 Å². The first kappa shape index (κ1) is 15.5. The van der Waals surface area contributed by atoms with E-state index in [0.717, 1.165) is 30.1 Å². The predicted octanol–water partition coefficient (Wildman–Crippen LogP) is 1.75. The number of aryl methyl sites for hydroxylation is 1. The summed E-state index contributed by atoms with van der Waals surface area (Å²) in [6.07, 6.45) is 2.05. The van der Waals surface area contributed by atoms with E-state index in [9.17, 15) is 0 Å². The van der Waals surface area contributed by atoms with Crippen LogP contribution in [0.25, 0.3) is 11.3 Å². The molecule has 0 spiro atoms. The quantitative estimate of drug-likeness (QED) is 0.843. The molecule has 0 amide bonds. The summed E-state index contributed by atoms with van der Waals surface area (Å²) < 4.78 is 7.56. The highest BCUT2D eigenvalue weighted by Gasteiger charge is 2.09. The lowest BCUT2D eigenvalue weighted by atomic mass is 10.1. The lowest BCUT2D eigenvalue weighted by Gasteiger charge is -2.11.